The number of aryl methyl sites for hydroxylation is 1. The lowest BCUT2D eigenvalue weighted by atomic mass is 10.1. The van der Waals surface area contributed by atoms with Gasteiger partial charge in [-0.15, -0.1) is 0 Å². The van der Waals surface area contributed by atoms with E-state index in [4.69, 9.17) is 0 Å². The normalized spacial score (nSPS) is 15.9. The van der Waals surface area contributed by atoms with Crippen molar-refractivity contribution in [1.82, 2.24) is 14.7 Å². The van der Waals surface area contributed by atoms with Gasteiger partial charge in [-0.25, -0.2) is 4.68 Å². The molecular formula is C12H17N3O2. The Morgan fingerprint density at radius 2 is 2.00 bits per heavy atom. The van der Waals surface area contributed by atoms with Gasteiger partial charge in [0.25, 0.3) is 11.5 Å². The third-order valence-corrected chi connectivity index (χ3v) is 3.03. The van der Waals surface area contributed by atoms with Crippen LogP contribution in [0, 0.1) is 0 Å². The van der Waals surface area contributed by atoms with Crippen LogP contribution in [0.2, 0.25) is 0 Å². The Morgan fingerprint density at radius 3 is 2.65 bits per heavy atom. The number of rotatable bonds is 2. The number of likely N-dealkylation sites (tertiary alicyclic amines) is 1. The predicted molar refractivity (Wildman–Crippen MR) is 63.9 cm³/mol. The molecule has 0 atom stereocenters. The van der Waals surface area contributed by atoms with E-state index < -0.39 is 0 Å². The minimum absolute atomic E-state index is 0.0631. The molecule has 1 aliphatic heterocycles. The zero-order valence-electron chi connectivity index (χ0n) is 10.1. The van der Waals surface area contributed by atoms with Gasteiger partial charge < -0.3 is 4.90 Å². The van der Waals surface area contributed by atoms with Crippen LogP contribution in [0.15, 0.2) is 16.9 Å². The summed E-state index contributed by atoms with van der Waals surface area (Å²) in [5.74, 6) is -0.0631. The highest BCUT2D eigenvalue weighted by Crippen LogP contribution is 2.11. The number of piperidine rings is 1. The van der Waals surface area contributed by atoms with Crippen molar-refractivity contribution in [1.29, 1.82) is 0 Å². The van der Waals surface area contributed by atoms with Gasteiger partial charge in [-0.3, -0.25) is 9.59 Å². The Bertz CT molecular complexity index is 461. The highest BCUT2D eigenvalue weighted by atomic mass is 16.2. The van der Waals surface area contributed by atoms with Crippen molar-refractivity contribution in [3.63, 3.8) is 0 Å². The van der Waals surface area contributed by atoms with E-state index in [1.165, 1.54) is 23.2 Å². The summed E-state index contributed by atoms with van der Waals surface area (Å²) in [6.45, 7) is 3.92. The Balaban J connectivity index is 2.21. The zero-order chi connectivity index (χ0) is 12.3. The van der Waals surface area contributed by atoms with Gasteiger partial charge in [0.2, 0.25) is 0 Å². The summed E-state index contributed by atoms with van der Waals surface area (Å²) in [7, 11) is 0. The third-order valence-electron chi connectivity index (χ3n) is 3.03. The van der Waals surface area contributed by atoms with Crippen molar-refractivity contribution < 1.29 is 4.79 Å². The van der Waals surface area contributed by atoms with Crippen molar-refractivity contribution in [2.24, 2.45) is 0 Å². The fourth-order valence-electron chi connectivity index (χ4n) is 2.05. The second-order valence-electron chi connectivity index (χ2n) is 4.23. The zero-order valence-corrected chi connectivity index (χ0v) is 10.1. The summed E-state index contributed by atoms with van der Waals surface area (Å²) in [6, 6.07) is 2.93. The molecule has 2 rings (SSSR count). The lowest BCUT2D eigenvalue weighted by molar-refractivity contribution is 0.0715. The van der Waals surface area contributed by atoms with Gasteiger partial charge in [-0.2, -0.15) is 5.10 Å². The second kappa shape index (κ2) is 5.12. The molecule has 1 fully saturated rings. The second-order valence-corrected chi connectivity index (χ2v) is 4.23. The van der Waals surface area contributed by atoms with Crippen molar-refractivity contribution in [2.75, 3.05) is 13.1 Å². The number of nitrogens with zero attached hydrogens (tertiary/aromatic N) is 3. The third kappa shape index (κ3) is 2.54. The molecule has 0 unspecified atom stereocenters. The van der Waals surface area contributed by atoms with Crippen LogP contribution in [-0.2, 0) is 6.54 Å². The molecule has 0 aliphatic carbocycles. The number of amides is 1. The van der Waals surface area contributed by atoms with Gasteiger partial charge in [-0.1, -0.05) is 0 Å². The molecule has 1 amide bonds. The van der Waals surface area contributed by atoms with Gasteiger partial charge in [0, 0.05) is 25.7 Å². The standard InChI is InChI=1S/C12H17N3O2/c1-2-15-11(16)7-6-10(13-15)12(17)14-8-4-3-5-9-14/h6-7H,2-5,8-9H2,1H3. The summed E-state index contributed by atoms with van der Waals surface area (Å²) in [5, 5.41) is 4.08. The van der Waals surface area contributed by atoms with Crippen LogP contribution in [0.5, 0.6) is 0 Å². The summed E-state index contributed by atoms with van der Waals surface area (Å²) in [6.07, 6.45) is 3.30. The molecule has 0 radical (unpaired) electrons. The average Bonchev–Trinajstić information content (AvgIpc) is 2.39. The van der Waals surface area contributed by atoms with Gasteiger partial charge in [0.1, 0.15) is 5.69 Å². The monoisotopic (exact) mass is 235 g/mol. The number of carbonyl (C=O) groups is 1. The van der Waals surface area contributed by atoms with E-state index in [0.717, 1.165) is 25.9 Å². The minimum atomic E-state index is -0.164. The van der Waals surface area contributed by atoms with Crippen LogP contribution in [0.4, 0.5) is 0 Å². The van der Waals surface area contributed by atoms with E-state index in [9.17, 15) is 9.59 Å². The molecule has 5 nitrogen and oxygen atoms in total. The highest BCUT2D eigenvalue weighted by molar-refractivity contribution is 5.92. The number of hydrogen-bond acceptors (Lipinski definition) is 3. The maximum atomic E-state index is 12.1. The Hall–Kier alpha value is -1.65. The van der Waals surface area contributed by atoms with E-state index in [1.807, 2.05) is 11.8 Å². The maximum Gasteiger partial charge on any atom is 0.274 e. The van der Waals surface area contributed by atoms with Gasteiger partial charge in [0.05, 0.1) is 0 Å². The first-order valence-electron chi connectivity index (χ1n) is 6.10. The first-order valence-corrected chi connectivity index (χ1v) is 6.10. The molecule has 0 aromatic carbocycles. The Morgan fingerprint density at radius 1 is 1.29 bits per heavy atom. The predicted octanol–water partition coefficient (Wildman–Crippen LogP) is 0.889. The Labute approximate surface area is 100 Å². The average molecular weight is 235 g/mol. The molecule has 2 heterocycles. The summed E-state index contributed by atoms with van der Waals surface area (Å²) >= 11 is 0. The van der Waals surface area contributed by atoms with Crippen molar-refractivity contribution in [3.05, 3.63) is 28.2 Å². The largest absolute Gasteiger partial charge is 0.337 e. The van der Waals surface area contributed by atoms with Gasteiger partial charge >= 0.3 is 0 Å². The number of aromatic nitrogens is 2. The van der Waals surface area contributed by atoms with Crippen LogP contribution in [0.1, 0.15) is 36.7 Å². The molecule has 1 aromatic heterocycles. The van der Waals surface area contributed by atoms with E-state index in [-0.39, 0.29) is 11.5 Å². The molecule has 0 N–H and O–H groups in total. The van der Waals surface area contributed by atoms with Crippen molar-refractivity contribution in [3.8, 4) is 0 Å². The number of hydrogen-bond donors (Lipinski definition) is 0. The Kier molecular flexibility index (Phi) is 3.56. The van der Waals surface area contributed by atoms with E-state index >= 15 is 0 Å². The quantitative estimate of drug-likeness (QED) is 0.765. The molecule has 0 saturated carbocycles. The van der Waals surface area contributed by atoms with Crippen LogP contribution in [-0.4, -0.2) is 33.7 Å². The topological polar surface area (TPSA) is 55.2 Å². The molecule has 5 heteroatoms. The fourth-order valence-corrected chi connectivity index (χ4v) is 2.05. The lowest BCUT2D eigenvalue weighted by Crippen LogP contribution is -2.37. The smallest absolute Gasteiger partial charge is 0.274 e. The first kappa shape index (κ1) is 11.8. The molecule has 17 heavy (non-hydrogen) atoms. The maximum absolute atomic E-state index is 12.1. The van der Waals surface area contributed by atoms with E-state index in [2.05, 4.69) is 5.10 Å². The summed E-state index contributed by atoms with van der Waals surface area (Å²) in [5.41, 5.74) is 0.205. The SMILES string of the molecule is CCn1nc(C(=O)N2CCCCC2)ccc1=O. The first-order chi connectivity index (χ1) is 8.22. The molecule has 0 spiro atoms. The molecule has 92 valence electrons. The molecule has 1 aliphatic rings. The highest BCUT2D eigenvalue weighted by Gasteiger charge is 2.19. The van der Waals surface area contributed by atoms with Crippen LogP contribution in [0.25, 0.3) is 0 Å². The molecule has 0 bridgehead atoms. The molecular weight excluding hydrogens is 218 g/mol. The summed E-state index contributed by atoms with van der Waals surface area (Å²) < 4.78 is 1.32. The van der Waals surface area contributed by atoms with E-state index in [1.54, 1.807) is 0 Å². The van der Waals surface area contributed by atoms with Crippen molar-refractivity contribution in [2.45, 2.75) is 32.7 Å². The van der Waals surface area contributed by atoms with Crippen LogP contribution >= 0.6 is 0 Å². The minimum Gasteiger partial charge on any atom is -0.337 e. The molecule has 1 aromatic rings. The van der Waals surface area contributed by atoms with Gasteiger partial charge in [-0.05, 0) is 32.3 Å². The van der Waals surface area contributed by atoms with Crippen LogP contribution < -0.4 is 5.56 Å². The fraction of sp³-hybridized carbons (Fsp3) is 0.583. The van der Waals surface area contributed by atoms with Crippen LogP contribution in [0.3, 0.4) is 0 Å². The van der Waals surface area contributed by atoms with E-state index in [0.29, 0.717) is 12.2 Å². The summed E-state index contributed by atoms with van der Waals surface area (Å²) in [4.78, 5) is 25.3. The number of carbonyl (C=O) groups excluding carboxylic acids is 1. The van der Waals surface area contributed by atoms with Crippen molar-refractivity contribution >= 4 is 5.91 Å². The molecule has 1 saturated heterocycles. The van der Waals surface area contributed by atoms with Gasteiger partial charge in [0.15, 0.2) is 0 Å². The lowest BCUT2D eigenvalue weighted by Gasteiger charge is -2.26.